The molecule has 2 aromatic carbocycles. The zero-order valence-electron chi connectivity index (χ0n) is 14.7. The van der Waals surface area contributed by atoms with Gasteiger partial charge in [0.2, 0.25) is 5.91 Å². The third kappa shape index (κ3) is 2.92. The highest BCUT2D eigenvalue weighted by Crippen LogP contribution is 2.42. The molecule has 0 bridgehead atoms. The van der Waals surface area contributed by atoms with Crippen LogP contribution < -0.4 is 4.90 Å². The predicted octanol–water partition coefficient (Wildman–Crippen LogP) is 4.84. The number of anilines is 1. The number of pyridine rings is 1. The second-order valence-corrected chi connectivity index (χ2v) is 7.83. The summed E-state index contributed by atoms with van der Waals surface area (Å²) < 4.78 is 0. The van der Waals surface area contributed by atoms with Crippen molar-refractivity contribution in [3.63, 3.8) is 0 Å². The molecule has 3 aromatic rings. The van der Waals surface area contributed by atoms with E-state index >= 15 is 0 Å². The van der Waals surface area contributed by atoms with Gasteiger partial charge < -0.3 is 5.11 Å². The maximum atomic E-state index is 12.5. The Hall–Kier alpha value is -2.53. The van der Waals surface area contributed by atoms with Gasteiger partial charge in [-0.3, -0.25) is 9.69 Å². The molecule has 0 saturated carbocycles. The number of amides is 1. The van der Waals surface area contributed by atoms with Crippen LogP contribution in [0.1, 0.15) is 36.4 Å². The van der Waals surface area contributed by atoms with Crippen molar-refractivity contribution in [3.05, 3.63) is 65.9 Å². The molecule has 5 heteroatoms. The quantitative estimate of drug-likeness (QED) is 0.722. The number of hydrogen-bond donors (Lipinski definition) is 1. The van der Waals surface area contributed by atoms with E-state index in [1.165, 1.54) is 5.56 Å². The lowest BCUT2D eigenvalue weighted by molar-refractivity contribution is -0.115. The molecule has 0 aliphatic carbocycles. The van der Waals surface area contributed by atoms with Crippen LogP contribution in [0, 0.1) is 0 Å². The first-order valence-corrected chi connectivity index (χ1v) is 9.72. The Labute approximate surface area is 156 Å². The Morgan fingerprint density at radius 2 is 1.88 bits per heavy atom. The van der Waals surface area contributed by atoms with E-state index in [4.69, 9.17) is 0 Å². The molecule has 2 heterocycles. The van der Waals surface area contributed by atoms with Gasteiger partial charge in [-0.1, -0.05) is 44.2 Å². The van der Waals surface area contributed by atoms with E-state index in [1.807, 2.05) is 35.2 Å². The van der Waals surface area contributed by atoms with Crippen LogP contribution in [0.2, 0.25) is 0 Å². The SMILES string of the molecule is CC(C)c1ccc(N2C(=O)CSC2c2ccc3cccc(O)c3n2)cc1. The molecule has 1 aromatic heterocycles. The second kappa shape index (κ2) is 6.65. The molecule has 1 atom stereocenters. The number of phenols is 1. The lowest BCUT2D eigenvalue weighted by atomic mass is 10.0. The van der Waals surface area contributed by atoms with Crippen molar-refractivity contribution in [3.8, 4) is 5.75 Å². The van der Waals surface area contributed by atoms with Crippen LogP contribution in [0.25, 0.3) is 10.9 Å². The average Bonchev–Trinajstić information content (AvgIpc) is 3.03. The molecule has 0 spiro atoms. The number of phenolic OH excluding ortho intramolecular Hbond substituents is 1. The summed E-state index contributed by atoms with van der Waals surface area (Å²) in [6.45, 7) is 4.31. The fourth-order valence-corrected chi connectivity index (χ4v) is 4.36. The molecule has 4 nitrogen and oxygen atoms in total. The van der Waals surface area contributed by atoms with Gasteiger partial charge in [0.1, 0.15) is 16.6 Å². The van der Waals surface area contributed by atoms with E-state index in [0.717, 1.165) is 16.8 Å². The van der Waals surface area contributed by atoms with Gasteiger partial charge in [0.05, 0.1) is 11.4 Å². The minimum Gasteiger partial charge on any atom is -0.506 e. The normalized spacial score (nSPS) is 17.4. The molecule has 1 aliphatic heterocycles. The molecule has 1 fully saturated rings. The van der Waals surface area contributed by atoms with E-state index in [9.17, 15) is 9.90 Å². The number of aromatic hydroxyl groups is 1. The maximum absolute atomic E-state index is 12.5. The fourth-order valence-electron chi connectivity index (χ4n) is 3.23. The number of carbonyl (C=O) groups is 1. The van der Waals surface area contributed by atoms with E-state index in [2.05, 4.69) is 31.0 Å². The van der Waals surface area contributed by atoms with Gasteiger partial charge in [0.15, 0.2) is 0 Å². The van der Waals surface area contributed by atoms with Crippen LogP contribution >= 0.6 is 11.8 Å². The van der Waals surface area contributed by atoms with Crippen LogP contribution in [0.3, 0.4) is 0 Å². The molecular formula is C21H20N2O2S. The van der Waals surface area contributed by atoms with Crippen LogP contribution in [0.5, 0.6) is 5.75 Å². The van der Waals surface area contributed by atoms with Crippen molar-refractivity contribution in [2.75, 3.05) is 10.7 Å². The third-order valence-corrected chi connectivity index (χ3v) is 5.86. The van der Waals surface area contributed by atoms with Gasteiger partial charge in [-0.2, -0.15) is 0 Å². The number of aromatic nitrogens is 1. The summed E-state index contributed by atoms with van der Waals surface area (Å²) in [5.41, 5.74) is 3.48. The van der Waals surface area contributed by atoms with Gasteiger partial charge in [-0.25, -0.2) is 4.98 Å². The molecule has 0 radical (unpaired) electrons. The standard InChI is InChI=1S/C21H20N2O2S/c1-13(2)14-6-9-16(10-7-14)23-19(25)12-26-21(23)17-11-8-15-4-3-5-18(24)20(15)22-17/h3-11,13,21,24H,12H2,1-2H3. The van der Waals surface area contributed by atoms with Crippen LogP contribution in [-0.4, -0.2) is 21.8 Å². The lowest BCUT2D eigenvalue weighted by Crippen LogP contribution is -2.28. The average molecular weight is 364 g/mol. The largest absolute Gasteiger partial charge is 0.506 e. The van der Waals surface area contributed by atoms with Gasteiger partial charge in [-0.05, 0) is 35.7 Å². The van der Waals surface area contributed by atoms with Crippen molar-refractivity contribution in [1.29, 1.82) is 0 Å². The van der Waals surface area contributed by atoms with Gasteiger partial charge >= 0.3 is 0 Å². The molecule has 1 aliphatic rings. The van der Waals surface area contributed by atoms with Crippen molar-refractivity contribution < 1.29 is 9.90 Å². The highest BCUT2D eigenvalue weighted by molar-refractivity contribution is 8.00. The Bertz CT molecular complexity index is 969. The van der Waals surface area contributed by atoms with E-state index in [0.29, 0.717) is 17.2 Å². The van der Waals surface area contributed by atoms with Crippen molar-refractivity contribution in [2.45, 2.75) is 25.1 Å². The topological polar surface area (TPSA) is 53.4 Å². The molecule has 1 unspecified atom stereocenters. The summed E-state index contributed by atoms with van der Waals surface area (Å²) in [4.78, 5) is 19.0. The number of fused-ring (bicyclic) bond motifs is 1. The monoisotopic (exact) mass is 364 g/mol. The summed E-state index contributed by atoms with van der Waals surface area (Å²) >= 11 is 1.56. The number of rotatable bonds is 3. The summed E-state index contributed by atoms with van der Waals surface area (Å²) in [5, 5.41) is 10.8. The number of para-hydroxylation sites is 1. The summed E-state index contributed by atoms with van der Waals surface area (Å²) in [7, 11) is 0. The molecule has 1 N–H and O–H groups in total. The number of carbonyl (C=O) groups excluding carboxylic acids is 1. The van der Waals surface area contributed by atoms with Gasteiger partial charge in [0, 0.05) is 11.1 Å². The summed E-state index contributed by atoms with van der Waals surface area (Å²) in [6.07, 6.45) is 0. The van der Waals surface area contributed by atoms with Crippen molar-refractivity contribution in [2.24, 2.45) is 0 Å². The molecule has 26 heavy (non-hydrogen) atoms. The summed E-state index contributed by atoms with van der Waals surface area (Å²) in [6, 6.07) is 17.4. The van der Waals surface area contributed by atoms with Crippen LogP contribution in [-0.2, 0) is 4.79 Å². The zero-order chi connectivity index (χ0) is 18.3. The van der Waals surface area contributed by atoms with Crippen LogP contribution in [0.15, 0.2) is 54.6 Å². The lowest BCUT2D eigenvalue weighted by Gasteiger charge is -2.24. The molecule has 4 rings (SSSR count). The molecule has 132 valence electrons. The Kier molecular flexibility index (Phi) is 4.32. The highest BCUT2D eigenvalue weighted by atomic mass is 32.2. The third-order valence-electron chi connectivity index (χ3n) is 4.68. The first-order valence-electron chi connectivity index (χ1n) is 8.67. The first kappa shape index (κ1) is 16.9. The number of benzene rings is 2. The fraction of sp³-hybridized carbons (Fsp3) is 0.238. The van der Waals surface area contributed by atoms with E-state index in [1.54, 1.807) is 23.9 Å². The van der Waals surface area contributed by atoms with Gasteiger partial charge in [-0.15, -0.1) is 11.8 Å². The molecular weight excluding hydrogens is 344 g/mol. The van der Waals surface area contributed by atoms with Crippen LogP contribution in [0.4, 0.5) is 5.69 Å². The van der Waals surface area contributed by atoms with E-state index in [-0.39, 0.29) is 17.0 Å². The van der Waals surface area contributed by atoms with Crippen molar-refractivity contribution >= 4 is 34.3 Å². The van der Waals surface area contributed by atoms with Crippen molar-refractivity contribution in [1.82, 2.24) is 4.98 Å². The Morgan fingerprint density at radius 3 is 2.62 bits per heavy atom. The van der Waals surface area contributed by atoms with E-state index < -0.39 is 0 Å². The Balaban J connectivity index is 1.73. The molecule has 1 saturated heterocycles. The smallest absolute Gasteiger partial charge is 0.238 e. The Morgan fingerprint density at radius 1 is 1.12 bits per heavy atom. The summed E-state index contributed by atoms with van der Waals surface area (Å²) in [5.74, 6) is 1.12. The number of thioether (sulfide) groups is 1. The minimum atomic E-state index is -0.184. The minimum absolute atomic E-state index is 0.0801. The van der Waals surface area contributed by atoms with Gasteiger partial charge in [0.25, 0.3) is 0 Å². The number of nitrogens with zero attached hydrogens (tertiary/aromatic N) is 2. The molecule has 1 amide bonds. The zero-order valence-corrected chi connectivity index (χ0v) is 15.5. The first-order chi connectivity index (χ1) is 12.5. The number of hydrogen-bond acceptors (Lipinski definition) is 4. The second-order valence-electron chi connectivity index (χ2n) is 6.76. The highest BCUT2D eigenvalue weighted by Gasteiger charge is 2.35. The predicted molar refractivity (Wildman–Crippen MR) is 107 cm³/mol. The maximum Gasteiger partial charge on any atom is 0.238 e.